The van der Waals surface area contributed by atoms with Gasteiger partial charge in [0, 0.05) is 29.9 Å². The van der Waals surface area contributed by atoms with Gasteiger partial charge in [0.2, 0.25) is 0 Å². The Hall–Kier alpha value is -1.69. The third-order valence-electron chi connectivity index (χ3n) is 6.30. The molecule has 2 unspecified atom stereocenters. The molecule has 2 saturated heterocycles. The highest BCUT2D eigenvalue weighted by atomic mass is 32.7. The Kier molecular flexibility index (Phi) is 9.59. The lowest BCUT2D eigenvalue weighted by molar-refractivity contribution is -0.0435. The minimum atomic E-state index is -4.20. The Labute approximate surface area is 237 Å². The molecule has 40 heavy (non-hydrogen) atoms. The topological polar surface area (TPSA) is 219 Å². The van der Waals surface area contributed by atoms with E-state index in [-0.39, 0.29) is 24.4 Å². The van der Waals surface area contributed by atoms with Crippen molar-refractivity contribution in [1.29, 1.82) is 0 Å². The monoisotopic (exact) mass is 641 g/mol. The molecule has 0 saturated carbocycles. The van der Waals surface area contributed by atoms with Gasteiger partial charge >= 0.3 is 24.9 Å². The SMILES string of the molecule is Cc1cn([C@H]2CC[C@@H](COP(O)(=S)O[C@@H]3C[C@H](n4cc(C)c(=O)[nH]c4=O)O[C@@H]3COP(=O)(O)S)O2)c(=O)nc1N. The van der Waals surface area contributed by atoms with Crippen LogP contribution in [0.3, 0.4) is 0 Å². The number of nitrogens with two attached hydrogens (primary N) is 1. The van der Waals surface area contributed by atoms with Crippen molar-refractivity contribution in [2.45, 2.75) is 63.9 Å². The fourth-order valence-corrected chi connectivity index (χ4v) is 6.32. The van der Waals surface area contributed by atoms with Crippen LogP contribution in [0.1, 0.15) is 42.8 Å². The first-order valence-corrected chi connectivity index (χ1v) is 17.3. The van der Waals surface area contributed by atoms with Crippen LogP contribution in [-0.4, -0.2) is 60.4 Å². The van der Waals surface area contributed by atoms with Crippen LogP contribution in [0.2, 0.25) is 0 Å². The zero-order valence-electron chi connectivity index (χ0n) is 21.3. The van der Waals surface area contributed by atoms with Crippen molar-refractivity contribution in [2.24, 2.45) is 0 Å². The molecule has 5 N–H and O–H groups in total. The normalized spacial score (nSPS) is 27.9. The highest BCUT2D eigenvalue weighted by molar-refractivity contribution is 8.44. The minimum Gasteiger partial charge on any atom is -0.383 e. The fourth-order valence-electron chi connectivity index (χ4n) is 4.28. The highest BCUT2D eigenvalue weighted by Crippen LogP contribution is 2.51. The number of aromatic nitrogens is 4. The lowest BCUT2D eigenvalue weighted by Crippen LogP contribution is -2.33. The van der Waals surface area contributed by atoms with Crippen molar-refractivity contribution in [1.82, 2.24) is 19.1 Å². The van der Waals surface area contributed by atoms with E-state index < -0.39 is 67.8 Å². The summed E-state index contributed by atoms with van der Waals surface area (Å²) in [5.41, 5.74) is 4.67. The van der Waals surface area contributed by atoms with Gasteiger partial charge in [0.1, 0.15) is 24.4 Å². The zero-order valence-corrected chi connectivity index (χ0v) is 24.8. The maximum Gasteiger partial charge on any atom is 0.383 e. The van der Waals surface area contributed by atoms with Crippen LogP contribution < -0.4 is 22.7 Å². The van der Waals surface area contributed by atoms with Crippen LogP contribution in [0.25, 0.3) is 0 Å². The van der Waals surface area contributed by atoms with Crippen LogP contribution in [0, 0.1) is 13.8 Å². The maximum atomic E-state index is 12.4. The van der Waals surface area contributed by atoms with E-state index in [0.29, 0.717) is 18.4 Å². The molecule has 0 bridgehead atoms. The van der Waals surface area contributed by atoms with E-state index in [0.717, 1.165) is 4.57 Å². The molecule has 0 radical (unpaired) electrons. The molecule has 16 nitrogen and oxygen atoms in total. The van der Waals surface area contributed by atoms with E-state index >= 15 is 0 Å². The third kappa shape index (κ3) is 7.77. The second kappa shape index (κ2) is 12.3. The van der Waals surface area contributed by atoms with Gasteiger partial charge in [0.05, 0.1) is 25.4 Å². The molecule has 2 aliphatic rings. The molecule has 7 atom stereocenters. The minimum absolute atomic E-state index is 0.0432. The maximum absolute atomic E-state index is 12.4. The average molecular weight is 642 g/mol. The summed E-state index contributed by atoms with van der Waals surface area (Å²) in [7, 11) is 0. The summed E-state index contributed by atoms with van der Waals surface area (Å²) in [5.74, 6) is 0.135. The molecule has 222 valence electrons. The van der Waals surface area contributed by atoms with E-state index in [2.05, 4.69) is 22.2 Å². The van der Waals surface area contributed by atoms with Gasteiger partial charge in [-0.15, -0.1) is 0 Å². The Morgan fingerprint density at radius 1 is 1.12 bits per heavy atom. The highest BCUT2D eigenvalue weighted by Gasteiger charge is 2.42. The summed E-state index contributed by atoms with van der Waals surface area (Å²) in [6.45, 7) is -5.56. The largest absolute Gasteiger partial charge is 0.383 e. The van der Waals surface area contributed by atoms with Crippen LogP contribution in [0.5, 0.6) is 0 Å². The van der Waals surface area contributed by atoms with Crippen molar-refractivity contribution >= 4 is 43.4 Å². The number of anilines is 1. The lowest BCUT2D eigenvalue weighted by atomic mass is 10.2. The van der Waals surface area contributed by atoms with Crippen molar-refractivity contribution in [3.8, 4) is 0 Å². The third-order valence-corrected chi connectivity index (χ3v) is 8.72. The molecule has 20 heteroatoms. The molecular weight excluding hydrogens is 612 g/mol. The van der Waals surface area contributed by atoms with Crippen LogP contribution >= 0.6 is 25.8 Å². The summed E-state index contributed by atoms with van der Waals surface area (Å²) in [5, 5.41) is 0. The van der Waals surface area contributed by atoms with Gasteiger partial charge in [-0.3, -0.25) is 23.4 Å². The number of H-pyrrole nitrogens is 1. The molecule has 0 aliphatic carbocycles. The second-order valence-electron chi connectivity index (χ2n) is 9.33. The summed E-state index contributed by atoms with van der Waals surface area (Å²) in [6, 6.07) is 0. The number of nitrogen functional groups attached to an aromatic ring is 1. The van der Waals surface area contributed by atoms with Gasteiger partial charge in [-0.05, 0) is 38.5 Å². The zero-order chi connectivity index (χ0) is 29.4. The molecule has 2 fully saturated rings. The van der Waals surface area contributed by atoms with Gasteiger partial charge in [0.15, 0.2) is 0 Å². The lowest BCUT2D eigenvalue weighted by Gasteiger charge is -2.24. The molecule has 4 heterocycles. The average Bonchev–Trinajstić information content (AvgIpc) is 3.47. The first-order valence-electron chi connectivity index (χ1n) is 12.0. The van der Waals surface area contributed by atoms with Crippen molar-refractivity contribution < 1.29 is 37.4 Å². The Balaban J connectivity index is 1.41. The predicted molar refractivity (Wildman–Crippen MR) is 147 cm³/mol. The standard InChI is InChI=1S/C20H29N5O11P2S2/c1-10-6-24(19(27)22-17(10)21)15-4-3-12(34-15)8-33-38(31,40)36-13-5-16(35-14(13)9-32-37(29,30)39)25-7-11(2)18(26)23-20(25)28/h6-7,12-16H,3-5,8-9H2,1-2H3,(H,31,40)(H2,21,22,27)(H,23,26,28)(H2,29,30,39)/t12-,13+,14+,15+,16+,38?/m0/s1. The number of hydrogen-bond donors (Lipinski definition) is 5. The number of thiol groups is 1. The van der Waals surface area contributed by atoms with E-state index in [4.69, 9.17) is 40.6 Å². The van der Waals surface area contributed by atoms with Crippen molar-refractivity contribution in [3.05, 3.63) is 54.8 Å². The Morgan fingerprint density at radius 3 is 2.52 bits per heavy atom. The number of hydrogen-bond acceptors (Lipinski definition) is 12. The number of nitrogens with zero attached hydrogens (tertiary/aromatic N) is 3. The summed E-state index contributed by atoms with van der Waals surface area (Å²) >= 11 is 8.65. The first-order chi connectivity index (χ1) is 18.6. The van der Waals surface area contributed by atoms with E-state index in [1.807, 2.05) is 0 Å². The molecule has 2 aromatic rings. The van der Waals surface area contributed by atoms with Crippen LogP contribution in [0.15, 0.2) is 26.8 Å². The number of rotatable bonds is 10. The number of aryl methyl sites for hydroxylation is 2. The molecule has 0 aromatic carbocycles. The molecule has 4 rings (SSSR count). The van der Waals surface area contributed by atoms with E-state index in [1.165, 1.54) is 17.7 Å². The van der Waals surface area contributed by atoms with Crippen molar-refractivity contribution in [2.75, 3.05) is 18.9 Å². The van der Waals surface area contributed by atoms with Gasteiger partial charge in [0.25, 0.3) is 5.56 Å². The second-order valence-corrected chi connectivity index (χ2v) is 14.9. The van der Waals surface area contributed by atoms with Crippen molar-refractivity contribution in [3.63, 3.8) is 0 Å². The molecular formula is C20H29N5O11P2S2. The predicted octanol–water partition coefficient (Wildman–Crippen LogP) is 0.623. The summed E-state index contributed by atoms with van der Waals surface area (Å²) < 4.78 is 41.7. The van der Waals surface area contributed by atoms with Crippen LogP contribution in [0.4, 0.5) is 5.82 Å². The van der Waals surface area contributed by atoms with Gasteiger partial charge in [-0.25, -0.2) is 14.2 Å². The fraction of sp³-hybridized carbons (Fsp3) is 0.600. The quantitative estimate of drug-likeness (QED) is 0.177. The number of aromatic amines is 1. The Bertz CT molecular complexity index is 1530. The summed E-state index contributed by atoms with van der Waals surface area (Å²) in [4.78, 5) is 62.5. The van der Waals surface area contributed by atoms with Gasteiger partial charge in [-0.2, -0.15) is 4.98 Å². The van der Waals surface area contributed by atoms with Crippen LogP contribution in [-0.2, 0) is 39.4 Å². The summed E-state index contributed by atoms with van der Waals surface area (Å²) in [6.07, 6.45) is -0.423. The molecule has 2 aromatic heterocycles. The number of nitrogens with one attached hydrogen (secondary N) is 1. The Morgan fingerprint density at radius 2 is 1.82 bits per heavy atom. The molecule has 0 amide bonds. The first kappa shape index (κ1) is 31.3. The smallest absolute Gasteiger partial charge is 0.383 e. The molecule has 2 aliphatic heterocycles. The molecule has 0 spiro atoms. The number of ether oxygens (including phenoxy) is 2. The van der Waals surface area contributed by atoms with Gasteiger partial charge < -0.3 is 34.0 Å². The van der Waals surface area contributed by atoms with Gasteiger partial charge in [-0.1, -0.05) is 12.2 Å². The van der Waals surface area contributed by atoms with E-state index in [1.54, 1.807) is 13.1 Å². The van der Waals surface area contributed by atoms with E-state index in [9.17, 15) is 28.7 Å².